The van der Waals surface area contributed by atoms with Crippen molar-refractivity contribution in [2.75, 3.05) is 26.0 Å². The van der Waals surface area contributed by atoms with Crippen LogP contribution in [0.5, 0.6) is 0 Å². The molecule has 4 nitrogen and oxygen atoms in total. The minimum absolute atomic E-state index is 0.144. The number of sulfone groups is 1. The van der Waals surface area contributed by atoms with E-state index >= 15 is 0 Å². The average molecular weight is 263 g/mol. The van der Waals surface area contributed by atoms with Crippen LogP contribution in [0.3, 0.4) is 0 Å². The van der Waals surface area contributed by atoms with E-state index < -0.39 is 9.84 Å². The standard InChI is InChI=1S/C12H25NO3S/c1-3-8-13-11-6-4-5-7-12(11)17(14,15)10-9-16-2/h11-13H,3-10H2,1-2H3. The number of rotatable bonds is 7. The summed E-state index contributed by atoms with van der Waals surface area (Å²) in [5, 5.41) is 3.17. The van der Waals surface area contributed by atoms with E-state index in [-0.39, 0.29) is 17.0 Å². The molecule has 0 radical (unpaired) electrons. The summed E-state index contributed by atoms with van der Waals surface area (Å²) in [7, 11) is -1.47. The second-order valence-corrected chi connectivity index (χ2v) is 7.08. The van der Waals surface area contributed by atoms with E-state index in [1.54, 1.807) is 7.11 Å². The van der Waals surface area contributed by atoms with Gasteiger partial charge in [-0.3, -0.25) is 0 Å². The molecule has 0 aromatic rings. The van der Waals surface area contributed by atoms with E-state index in [1.165, 1.54) is 0 Å². The molecule has 1 rings (SSSR count). The minimum atomic E-state index is -3.01. The number of hydrogen-bond donors (Lipinski definition) is 1. The highest BCUT2D eigenvalue weighted by atomic mass is 32.2. The fourth-order valence-electron chi connectivity index (χ4n) is 2.44. The number of nitrogens with one attached hydrogen (secondary N) is 1. The summed E-state index contributed by atoms with van der Waals surface area (Å²) in [6, 6.07) is 0.144. The summed E-state index contributed by atoms with van der Waals surface area (Å²) < 4.78 is 29.3. The fourth-order valence-corrected chi connectivity index (χ4v) is 4.40. The van der Waals surface area contributed by atoms with Gasteiger partial charge in [-0.25, -0.2) is 8.42 Å². The molecule has 0 aliphatic heterocycles. The van der Waals surface area contributed by atoms with Gasteiger partial charge in [0.05, 0.1) is 17.6 Å². The van der Waals surface area contributed by atoms with Gasteiger partial charge in [-0.05, 0) is 25.8 Å². The lowest BCUT2D eigenvalue weighted by molar-refractivity contribution is 0.216. The van der Waals surface area contributed by atoms with Crippen LogP contribution in [0.25, 0.3) is 0 Å². The van der Waals surface area contributed by atoms with Gasteiger partial charge in [0.15, 0.2) is 9.84 Å². The fraction of sp³-hybridized carbons (Fsp3) is 1.00. The minimum Gasteiger partial charge on any atom is -0.384 e. The normalized spacial score (nSPS) is 26.0. The molecule has 0 aromatic heterocycles. The van der Waals surface area contributed by atoms with Crippen molar-refractivity contribution in [3.63, 3.8) is 0 Å². The molecule has 5 heteroatoms. The third-order valence-electron chi connectivity index (χ3n) is 3.39. The van der Waals surface area contributed by atoms with Crippen LogP contribution in [0.2, 0.25) is 0 Å². The largest absolute Gasteiger partial charge is 0.384 e. The lowest BCUT2D eigenvalue weighted by atomic mass is 9.95. The lowest BCUT2D eigenvalue weighted by Crippen LogP contribution is -2.47. The van der Waals surface area contributed by atoms with Gasteiger partial charge >= 0.3 is 0 Å². The first kappa shape index (κ1) is 14.9. The second-order valence-electron chi connectivity index (χ2n) is 4.74. The highest BCUT2D eigenvalue weighted by Gasteiger charge is 2.34. The molecule has 0 bridgehead atoms. The third kappa shape index (κ3) is 4.56. The third-order valence-corrected chi connectivity index (χ3v) is 5.61. The van der Waals surface area contributed by atoms with Crippen molar-refractivity contribution in [1.82, 2.24) is 5.32 Å². The van der Waals surface area contributed by atoms with Crippen molar-refractivity contribution in [3.05, 3.63) is 0 Å². The predicted octanol–water partition coefficient (Wildman–Crippen LogP) is 1.36. The van der Waals surface area contributed by atoms with Crippen LogP contribution in [-0.4, -0.2) is 45.7 Å². The SMILES string of the molecule is CCCNC1CCCCC1S(=O)(=O)CCOC. The van der Waals surface area contributed by atoms with Crippen LogP contribution >= 0.6 is 0 Å². The molecular weight excluding hydrogens is 238 g/mol. The van der Waals surface area contributed by atoms with Gasteiger partial charge in [-0.1, -0.05) is 19.8 Å². The van der Waals surface area contributed by atoms with Crippen LogP contribution in [0.1, 0.15) is 39.0 Å². The Morgan fingerprint density at radius 1 is 1.29 bits per heavy atom. The summed E-state index contributed by atoms with van der Waals surface area (Å²) in [6.07, 6.45) is 4.99. The molecule has 17 heavy (non-hydrogen) atoms. The molecule has 1 aliphatic rings. The Bertz CT molecular complexity index is 303. The second kappa shape index (κ2) is 7.34. The van der Waals surface area contributed by atoms with Crippen LogP contribution in [0.4, 0.5) is 0 Å². The van der Waals surface area contributed by atoms with E-state index in [2.05, 4.69) is 12.2 Å². The van der Waals surface area contributed by atoms with E-state index in [9.17, 15) is 8.42 Å². The summed E-state index contributed by atoms with van der Waals surface area (Å²) in [5.74, 6) is 0.151. The molecule has 1 aliphatic carbocycles. The summed E-state index contributed by atoms with van der Waals surface area (Å²) >= 11 is 0. The molecule has 0 heterocycles. The van der Waals surface area contributed by atoms with Gasteiger partial charge < -0.3 is 10.1 Å². The topological polar surface area (TPSA) is 55.4 Å². The van der Waals surface area contributed by atoms with Gasteiger partial charge in [-0.2, -0.15) is 0 Å². The molecule has 1 N–H and O–H groups in total. The first-order valence-electron chi connectivity index (χ1n) is 6.55. The molecule has 102 valence electrons. The highest BCUT2D eigenvalue weighted by molar-refractivity contribution is 7.92. The molecule has 0 saturated heterocycles. The van der Waals surface area contributed by atoms with E-state index in [1.807, 2.05) is 0 Å². The predicted molar refractivity (Wildman–Crippen MR) is 70.0 cm³/mol. The van der Waals surface area contributed by atoms with Crippen molar-refractivity contribution < 1.29 is 13.2 Å². The zero-order valence-electron chi connectivity index (χ0n) is 10.9. The zero-order valence-corrected chi connectivity index (χ0v) is 11.8. The maximum atomic E-state index is 12.2. The van der Waals surface area contributed by atoms with Crippen LogP contribution < -0.4 is 5.32 Å². The molecule has 1 saturated carbocycles. The lowest BCUT2D eigenvalue weighted by Gasteiger charge is -2.32. The Morgan fingerprint density at radius 2 is 2.00 bits per heavy atom. The summed E-state index contributed by atoms with van der Waals surface area (Å²) in [5.41, 5.74) is 0. The summed E-state index contributed by atoms with van der Waals surface area (Å²) in [6.45, 7) is 3.31. The Kier molecular flexibility index (Phi) is 6.44. The zero-order chi connectivity index (χ0) is 12.7. The maximum absolute atomic E-state index is 12.2. The van der Waals surface area contributed by atoms with Crippen LogP contribution in [0, 0.1) is 0 Å². The van der Waals surface area contributed by atoms with E-state index in [4.69, 9.17) is 4.74 Å². The highest BCUT2D eigenvalue weighted by Crippen LogP contribution is 2.25. The van der Waals surface area contributed by atoms with Gasteiger partial charge in [0.2, 0.25) is 0 Å². The molecule has 0 spiro atoms. The van der Waals surface area contributed by atoms with Crippen LogP contribution in [0.15, 0.2) is 0 Å². The van der Waals surface area contributed by atoms with Crippen molar-refractivity contribution in [3.8, 4) is 0 Å². The first-order chi connectivity index (χ1) is 8.11. The maximum Gasteiger partial charge on any atom is 0.156 e. The molecule has 2 atom stereocenters. The average Bonchev–Trinajstić information content (AvgIpc) is 2.34. The molecule has 1 fully saturated rings. The Balaban J connectivity index is 2.62. The Hall–Kier alpha value is -0.130. The van der Waals surface area contributed by atoms with E-state index in [0.717, 1.165) is 38.6 Å². The first-order valence-corrected chi connectivity index (χ1v) is 8.27. The molecule has 2 unspecified atom stereocenters. The van der Waals surface area contributed by atoms with Gasteiger partial charge in [0, 0.05) is 13.2 Å². The van der Waals surface area contributed by atoms with Crippen molar-refractivity contribution in [2.45, 2.75) is 50.3 Å². The number of methoxy groups -OCH3 is 1. The van der Waals surface area contributed by atoms with Crippen molar-refractivity contribution >= 4 is 9.84 Å². The molecule has 0 aromatic carbocycles. The number of ether oxygens (including phenoxy) is 1. The quantitative estimate of drug-likeness (QED) is 0.753. The Morgan fingerprint density at radius 3 is 2.65 bits per heavy atom. The van der Waals surface area contributed by atoms with Crippen molar-refractivity contribution in [2.24, 2.45) is 0 Å². The Labute approximate surface area is 105 Å². The van der Waals surface area contributed by atoms with Gasteiger partial charge in [0.1, 0.15) is 0 Å². The van der Waals surface area contributed by atoms with Crippen molar-refractivity contribution in [1.29, 1.82) is 0 Å². The van der Waals surface area contributed by atoms with Crippen LogP contribution in [-0.2, 0) is 14.6 Å². The summed E-state index contributed by atoms with van der Waals surface area (Å²) in [4.78, 5) is 0. The van der Waals surface area contributed by atoms with Gasteiger partial charge in [-0.15, -0.1) is 0 Å². The number of hydrogen-bond acceptors (Lipinski definition) is 4. The monoisotopic (exact) mass is 263 g/mol. The van der Waals surface area contributed by atoms with E-state index in [0.29, 0.717) is 6.61 Å². The smallest absolute Gasteiger partial charge is 0.156 e. The van der Waals surface area contributed by atoms with Gasteiger partial charge in [0.25, 0.3) is 0 Å². The molecular formula is C12H25NO3S. The molecule has 0 amide bonds.